The van der Waals surface area contributed by atoms with E-state index >= 15 is 0 Å². The summed E-state index contributed by atoms with van der Waals surface area (Å²) in [4.78, 5) is 12.0. The van der Waals surface area contributed by atoms with Gasteiger partial charge in [0.2, 0.25) is 5.28 Å². The summed E-state index contributed by atoms with van der Waals surface area (Å²) < 4.78 is 5.20. The maximum absolute atomic E-state index is 6.09. The van der Waals surface area contributed by atoms with Crippen molar-refractivity contribution in [3.63, 3.8) is 0 Å². The first kappa shape index (κ1) is 13.3. The van der Waals surface area contributed by atoms with E-state index in [1.54, 1.807) is 18.2 Å². The van der Waals surface area contributed by atoms with Gasteiger partial charge in [-0.1, -0.05) is 29.3 Å². The SMILES string of the molecule is CCOc1nc(Cl)nc(-c2cccc(Cl)c2Cl)n1. The summed E-state index contributed by atoms with van der Waals surface area (Å²) in [7, 11) is 0. The number of ether oxygens (including phenoxy) is 1. The van der Waals surface area contributed by atoms with Gasteiger partial charge in [0.25, 0.3) is 0 Å². The Kier molecular flexibility index (Phi) is 4.22. The van der Waals surface area contributed by atoms with Crippen molar-refractivity contribution in [1.29, 1.82) is 0 Å². The third kappa shape index (κ3) is 2.83. The average molecular weight is 305 g/mol. The van der Waals surface area contributed by atoms with E-state index < -0.39 is 0 Å². The molecule has 0 atom stereocenters. The van der Waals surface area contributed by atoms with Gasteiger partial charge in [-0.3, -0.25) is 0 Å². The lowest BCUT2D eigenvalue weighted by atomic mass is 10.2. The van der Waals surface area contributed by atoms with Crippen molar-refractivity contribution in [2.45, 2.75) is 6.92 Å². The topological polar surface area (TPSA) is 47.9 Å². The van der Waals surface area contributed by atoms with Gasteiger partial charge in [-0.15, -0.1) is 0 Å². The van der Waals surface area contributed by atoms with Crippen molar-refractivity contribution in [3.05, 3.63) is 33.5 Å². The highest BCUT2D eigenvalue weighted by Crippen LogP contribution is 2.32. The fourth-order valence-electron chi connectivity index (χ4n) is 1.32. The Hall–Kier alpha value is -1.10. The van der Waals surface area contributed by atoms with E-state index in [0.717, 1.165) is 0 Å². The third-order valence-electron chi connectivity index (χ3n) is 2.05. The molecule has 0 saturated heterocycles. The highest BCUT2D eigenvalue weighted by Gasteiger charge is 2.12. The van der Waals surface area contributed by atoms with Crippen LogP contribution in [-0.4, -0.2) is 21.6 Å². The Balaban J connectivity index is 2.53. The Labute approximate surface area is 119 Å². The smallest absolute Gasteiger partial charge is 0.321 e. The summed E-state index contributed by atoms with van der Waals surface area (Å²) in [5.41, 5.74) is 0.578. The second kappa shape index (κ2) is 5.69. The Morgan fingerprint density at radius 2 is 1.89 bits per heavy atom. The lowest BCUT2D eigenvalue weighted by Crippen LogP contribution is -2.01. The summed E-state index contributed by atoms with van der Waals surface area (Å²) >= 11 is 17.8. The van der Waals surface area contributed by atoms with Gasteiger partial charge in [-0.05, 0) is 30.7 Å². The lowest BCUT2D eigenvalue weighted by molar-refractivity contribution is 0.312. The molecule has 18 heavy (non-hydrogen) atoms. The molecular weight excluding hydrogens is 296 g/mol. The zero-order chi connectivity index (χ0) is 13.1. The first-order valence-corrected chi connectivity index (χ1v) is 6.24. The summed E-state index contributed by atoms with van der Waals surface area (Å²) in [6.07, 6.45) is 0. The average Bonchev–Trinajstić information content (AvgIpc) is 2.32. The second-order valence-electron chi connectivity index (χ2n) is 3.25. The molecule has 94 valence electrons. The molecule has 2 rings (SSSR count). The predicted octanol–water partition coefficient (Wildman–Crippen LogP) is 3.90. The first-order chi connectivity index (χ1) is 8.61. The standard InChI is InChI=1S/C11H8Cl3N3O/c1-2-18-11-16-9(15-10(14)17-11)6-4-3-5-7(12)8(6)13/h3-5H,2H2,1H3. The highest BCUT2D eigenvalue weighted by molar-refractivity contribution is 6.43. The molecule has 0 aliphatic heterocycles. The molecule has 1 heterocycles. The van der Waals surface area contributed by atoms with Crippen molar-refractivity contribution in [1.82, 2.24) is 15.0 Å². The molecule has 0 bridgehead atoms. The molecule has 0 aliphatic carbocycles. The maximum atomic E-state index is 6.09. The molecule has 2 aromatic rings. The zero-order valence-corrected chi connectivity index (χ0v) is 11.6. The largest absolute Gasteiger partial charge is 0.464 e. The number of rotatable bonds is 3. The van der Waals surface area contributed by atoms with Crippen LogP contribution in [-0.2, 0) is 0 Å². The molecule has 0 unspecified atom stereocenters. The van der Waals surface area contributed by atoms with Crippen LogP contribution >= 0.6 is 34.8 Å². The van der Waals surface area contributed by atoms with Crippen molar-refractivity contribution in [2.75, 3.05) is 6.61 Å². The molecule has 0 N–H and O–H groups in total. The van der Waals surface area contributed by atoms with Crippen LogP contribution < -0.4 is 4.74 Å². The predicted molar refractivity (Wildman–Crippen MR) is 71.5 cm³/mol. The summed E-state index contributed by atoms with van der Waals surface area (Å²) in [6.45, 7) is 2.26. The quantitative estimate of drug-likeness (QED) is 0.863. The van der Waals surface area contributed by atoms with Crippen LogP contribution in [0.5, 0.6) is 6.01 Å². The number of nitrogens with zero attached hydrogens (tertiary/aromatic N) is 3. The van der Waals surface area contributed by atoms with Gasteiger partial charge in [0.05, 0.1) is 16.7 Å². The van der Waals surface area contributed by atoms with Gasteiger partial charge in [-0.2, -0.15) is 15.0 Å². The van der Waals surface area contributed by atoms with Crippen molar-refractivity contribution >= 4 is 34.8 Å². The summed E-state index contributed by atoms with van der Waals surface area (Å²) in [5.74, 6) is 0.325. The third-order valence-corrected chi connectivity index (χ3v) is 3.04. The number of hydrogen-bond donors (Lipinski definition) is 0. The van der Waals surface area contributed by atoms with E-state index in [1.807, 2.05) is 6.92 Å². The minimum Gasteiger partial charge on any atom is -0.464 e. The van der Waals surface area contributed by atoms with Crippen LogP contribution in [0.1, 0.15) is 6.92 Å². The minimum absolute atomic E-state index is 0.0412. The molecule has 7 heteroatoms. The van der Waals surface area contributed by atoms with Gasteiger partial charge in [0.15, 0.2) is 5.82 Å². The van der Waals surface area contributed by atoms with Crippen LogP contribution in [0.15, 0.2) is 18.2 Å². The molecule has 0 radical (unpaired) electrons. The van der Waals surface area contributed by atoms with E-state index in [4.69, 9.17) is 39.5 Å². The van der Waals surface area contributed by atoms with E-state index in [1.165, 1.54) is 0 Å². The summed E-state index contributed by atoms with van der Waals surface area (Å²) in [5, 5.41) is 0.826. The molecule has 0 spiro atoms. The summed E-state index contributed by atoms with van der Waals surface area (Å²) in [6, 6.07) is 5.33. The number of halogens is 3. The zero-order valence-electron chi connectivity index (χ0n) is 9.32. The lowest BCUT2D eigenvalue weighted by Gasteiger charge is -2.06. The molecule has 1 aromatic heterocycles. The highest BCUT2D eigenvalue weighted by atomic mass is 35.5. The maximum Gasteiger partial charge on any atom is 0.321 e. The first-order valence-electron chi connectivity index (χ1n) is 5.10. The monoisotopic (exact) mass is 303 g/mol. The van der Waals surface area contributed by atoms with Crippen molar-refractivity contribution < 1.29 is 4.74 Å². The minimum atomic E-state index is 0.0412. The number of benzene rings is 1. The van der Waals surface area contributed by atoms with Gasteiger partial charge in [-0.25, -0.2) is 0 Å². The van der Waals surface area contributed by atoms with Gasteiger partial charge < -0.3 is 4.74 Å². The van der Waals surface area contributed by atoms with E-state index in [0.29, 0.717) is 28.0 Å². The van der Waals surface area contributed by atoms with Gasteiger partial charge in [0.1, 0.15) is 0 Å². The molecule has 0 saturated carbocycles. The number of aromatic nitrogens is 3. The van der Waals surface area contributed by atoms with E-state index in [2.05, 4.69) is 15.0 Å². The van der Waals surface area contributed by atoms with E-state index in [-0.39, 0.29) is 11.3 Å². The normalized spacial score (nSPS) is 10.4. The van der Waals surface area contributed by atoms with Gasteiger partial charge >= 0.3 is 6.01 Å². The molecule has 0 aliphatic rings. The Morgan fingerprint density at radius 1 is 1.11 bits per heavy atom. The van der Waals surface area contributed by atoms with Crippen LogP contribution in [0, 0.1) is 0 Å². The van der Waals surface area contributed by atoms with Crippen LogP contribution in [0.25, 0.3) is 11.4 Å². The molecule has 4 nitrogen and oxygen atoms in total. The molecule has 0 fully saturated rings. The second-order valence-corrected chi connectivity index (χ2v) is 4.37. The molecule has 0 amide bonds. The Bertz CT molecular complexity index is 577. The van der Waals surface area contributed by atoms with Crippen molar-refractivity contribution in [2.24, 2.45) is 0 Å². The fourth-order valence-corrected chi connectivity index (χ4v) is 1.86. The van der Waals surface area contributed by atoms with Crippen LogP contribution in [0.4, 0.5) is 0 Å². The van der Waals surface area contributed by atoms with Gasteiger partial charge in [0, 0.05) is 5.56 Å². The van der Waals surface area contributed by atoms with E-state index in [9.17, 15) is 0 Å². The fraction of sp³-hybridized carbons (Fsp3) is 0.182. The van der Waals surface area contributed by atoms with Crippen LogP contribution in [0.2, 0.25) is 15.3 Å². The molecule has 1 aromatic carbocycles. The molecular formula is C11H8Cl3N3O. The van der Waals surface area contributed by atoms with Crippen LogP contribution in [0.3, 0.4) is 0 Å². The Morgan fingerprint density at radius 3 is 2.61 bits per heavy atom. The van der Waals surface area contributed by atoms with Crippen molar-refractivity contribution in [3.8, 4) is 17.4 Å². The number of hydrogen-bond acceptors (Lipinski definition) is 4.